The first-order valence-corrected chi connectivity index (χ1v) is 15.3. The molecule has 0 saturated carbocycles. The van der Waals surface area contributed by atoms with E-state index in [-0.39, 0.29) is 0 Å². The molecule has 0 spiro atoms. The molecule has 4 heteroatoms. The van der Waals surface area contributed by atoms with Crippen molar-refractivity contribution < 1.29 is 4.42 Å². The molecule has 0 aliphatic heterocycles. The van der Waals surface area contributed by atoms with Gasteiger partial charge in [-0.2, -0.15) is 0 Å². The predicted octanol–water partition coefficient (Wildman–Crippen LogP) is 8.57. The number of aromatic nitrogens is 3. The van der Waals surface area contributed by atoms with E-state index in [0.717, 1.165) is 62.8 Å². The van der Waals surface area contributed by atoms with Gasteiger partial charge in [0.25, 0.3) is 0 Å². The molecule has 0 atom stereocenters. The second-order valence-electron chi connectivity index (χ2n) is 11.2. The molecular weight excluding hydrogens is 550 g/mol. The molecule has 1 aliphatic rings. The van der Waals surface area contributed by atoms with Crippen molar-refractivity contribution in [2.45, 2.75) is 12.8 Å². The summed E-state index contributed by atoms with van der Waals surface area (Å²) in [4.78, 5) is 14.8. The van der Waals surface area contributed by atoms with E-state index in [2.05, 4.69) is 97.1 Å². The van der Waals surface area contributed by atoms with Crippen molar-refractivity contribution in [1.29, 1.82) is 0 Å². The minimum atomic E-state index is 0.659. The van der Waals surface area contributed by atoms with Gasteiger partial charge in [0.1, 0.15) is 5.35 Å². The average Bonchev–Trinajstić information content (AvgIpc) is 3.58. The summed E-state index contributed by atoms with van der Waals surface area (Å²) in [6.07, 6.45) is 4.01. The monoisotopic (exact) mass is 579 g/mol. The van der Waals surface area contributed by atoms with E-state index in [4.69, 9.17) is 19.4 Å². The van der Waals surface area contributed by atoms with Gasteiger partial charge < -0.3 is 4.42 Å². The number of oxazole rings is 1. The van der Waals surface area contributed by atoms with Gasteiger partial charge in [-0.3, -0.25) is 0 Å². The van der Waals surface area contributed by atoms with Crippen molar-refractivity contribution in [1.82, 2.24) is 15.0 Å². The fourth-order valence-corrected chi connectivity index (χ4v) is 5.90. The number of rotatable bonds is 6. The molecule has 8 rings (SSSR count). The van der Waals surface area contributed by atoms with Gasteiger partial charge in [0.2, 0.25) is 5.89 Å². The number of benzene rings is 5. The first-order valence-electron chi connectivity index (χ1n) is 15.3. The Hall–Kier alpha value is -5.87. The summed E-state index contributed by atoms with van der Waals surface area (Å²) in [5, 5.41) is 0.922. The van der Waals surface area contributed by atoms with E-state index in [1.807, 2.05) is 54.6 Å². The third-order valence-electron chi connectivity index (χ3n) is 8.26. The van der Waals surface area contributed by atoms with Gasteiger partial charge in [0.05, 0.1) is 11.4 Å². The van der Waals surface area contributed by atoms with Crippen molar-refractivity contribution in [3.8, 4) is 56.5 Å². The van der Waals surface area contributed by atoms with Gasteiger partial charge in [-0.15, -0.1) is 0 Å². The molecule has 0 saturated heterocycles. The molecule has 0 radical (unpaired) electrons. The number of nitrogens with zero attached hydrogens (tertiary/aromatic N) is 3. The quantitative estimate of drug-likeness (QED) is 0.198. The maximum atomic E-state index is 6.34. The van der Waals surface area contributed by atoms with Crippen LogP contribution in [0.1, 0.15) is 18.4 Å². The minimum absolute atomic E-state index is 0.659. The fraction of sp³-hybridized carbons (Fsp3) is 0.0488. The van der Waals surface area contributed by atoms with Gasteiger partial charge in [0.15, 0.2) is 11.2 Å². The molecule has 0 unspecified atom stereocenters. The van der Waals surface area contributed by atoms with E-state index in [9.17, 15) is 0 Å². The summed E-state index contributed by atoms with van der Waals surface area (Å²) in [7, 11) is 0. The van der Waals surface area contributed by atoms with Crippen LogP contribution >= 0.6 is 0 Å². The lowest BCUT2D eigenvalue weighted by Gasteiger charge is -2.12. The Morgan fingerprint density at radius 1 is 0.444 bits per heavy atom. The lowest BCUT2D eigenvalue weighted by Crippen LogP contribution is -2.27. The number of hydrogen-bond donors (Lipinski definition) is 0. The largest absolute Gasteiger partial charge is 0.436 e. The summed E-state index contributed by atoms with van der Waals surface area (Å²) in [6.45, 7) is 0. The molecule has 214 valence electrons. The maximum Gasteiger partial charge on any atom is 0.227 e. The lowest BCUT2D eigenvalue weighted by atomic mass is 9.96. The van der Waals surface area contributed by atoms with Crippen LogP contribution in [0.2, 0.25) is 0 Å². The molecule has 0 amide bonds. The molecule has 0 bridgehead atoms. The predicted molar refractivity (Wildman–Crippen MR) is 181 cm³/mol. The van der Waals surface area contributed by atoms with Crippen LogP contribution in [0.25, 0.3) is 68.1 Å². The first kappa shape index (κ1) is 26.7. The molecule has 2 aromatic heterocycles. The number of hydrogen-bond acceptors (Lipinski definition) is 4. The van der Waals surface area contributed by atoms with Crippen LogP contribution in [0.15, 0.2) is 150 Å². The highest BCUT2D eigenvalue weighted by Gasteiger charge is 2.16. The van der Waals surface area contributed by atoms with Crippen LogP contribution in [0.4, 0.5) is 0 Å². The first-order chi connectivity index (χ1) is 22.3. The van der Waals surface area contributed by atoms with E-state index < -0.39 is 0 Å². The molecule has 4 nitrogen and oxygen atoms in total. The second-order valence-corrected chi connectivity index (χ2v) is 11.2. The topological polar surface area (TPSA) is 51.8 Å². The Labute approximate surface area is 261 Å². The second kappa shape index (κ2) is 11.7. The van der Waals surface area contributed by atoms with Gasteiger partial charge >= 0.3 is 0 Å². The standard InChI is InChI=1S/C41H29N3O/c1-4-11-28(12-5-1)29-19-23-31(24-20-29)37-27-38(43-40(42-37)33-13-6-2-7-14-33)32-25-21-30(22-26-32)35-17-10-18-36-39(35)45-41(44-36)34-15-8-3-9-16-34/h1-9,11-16,18-27H,10,17H2. The van der Waals surface area contributed by atoms with Crippen molar-refractivity contribution in [2.75, 3.05) is 0 Å². The number of fused-ring (bicyclic) bond motifs is 1. The third-order valence-corrected chi connectivity index (χ3v) is 8.26. The van der Waals surface area contributed by atoms with Crippen LogP contribution in [-0.4, -0.2) is 15.0 Å². The molecule has 7 aromatic rings. The highest BCUT2D eigenvalue weighted by molar-refractivity contribution is 5.75. The third kappa shape index (κ3) is 5.39. The van der Waals surface area contributed by atoms with Crippen LogP contribution in [0.5, 0.6) is 0 Å². The molecule has 0 N–H and O–H groups in total. The van der Waals surface area contributed by atoms with Crippen molar-refractivity contribution in [3.05, 3.63) is 162 Å². The van der Waals surface area contributed by atoms with E-state index in [1.54, 1.807) is 0 Å². The summed E-state index contributed by atoms with van der Waals surface area (Å²) >= 11 is 0. The Morgan fingerprint density at radius 2 is 0.933 bits per heavy atom. The molecular formula is C41H29N3O. The molecule has 1 aliphatic carbocycles. The Bertz CT molecular complexity index is 2220. The zero-order chi connectivity index (χ0) is 30.0. The normalized spacial score (nSPS) is 12.4. The molecule has 0 fully saturated rings. The Kier molecular flexibility index (Phi) is 6.93. The van der Waals surface area contributed by atoms with Gasteiger partial charge in [-0.25, -0.2) is 15.0 Å². The molecule has 2 heterocycles. The van der Waals surface area contributed by atoms with Gasteiger partial charge in [-0.1, -0.05) is 133 Å². The fourth-order valence-electron chi connectivity index (χ4n) is 5.90. The Morgan fingerprint density at radius 3 is 1.53 bits per heavy atom. The summed E-state index contributed by atoms with van der Waals surface area (Å²) in [5.74, 6) is 1.36. The summed E-state index contributed by atoms with van der Waals surface area (Å²) in [5.41, 5.74) is 11.4. The minimum Gasteiger partial charge on any atom is -0.436 e. The maximum absolute atomic E-state index is 6.34. The molecule has 45 heavy (non-hydrogen) atoms. The smallest absolute Gasteiger partial charge is 0.227 e. The van der Waals surface area contributed by atoms with E-state index >= 15 is 0 Å². The summed E-state index contributed by atoms with van der Waals surface area (Å²) < 4.78 is 6.34. The highest BCUT2D eigenvalue weighted by atomic mass is 16.3. The zero-order valence-electron chi connectivity index (χ0n) is 24.6. The molecule has 5 aromatic carbocycles. The van der Waals surface area contributed by atoms with Crippen LogP contribution in [0.3, 0.4) is 0 Å². The van der Waals surface area contributed by atoms with Crippen molar-refractivity contribution >= 4 is 11.6 Å². The average molecular weight is 580 g/mol. The zero-order valence-corrected chi connectivity index (χ0v) is 24.6. The summed E-state index contributed by atoms with van der Waals surface area (Å²) in [6, 6.07) is 50.0. The van der Waals surface area contributed by atoms with Gasteiger partial charge in [-0.05, 0) is 47.7 Å². The lowest BCUT2D eigenvalue weighted by molar-refractivity contribution is 0.535. The van der Waals surface area contributed by atoms with Crippen LogP contribution < -0.4 is 10.8 Å². The van der Waals surface area contributed by atoms with E-state index in [1.165, 1.54) is 16.7 Å². The Balaban J connectivity index is 1.18. The van der Waals surface area contributed by atoms with E-state index in [0.29, 0.717) is 11.7 Å². The highest BCUT2D eigenvalue weighted by Crippen LogP contribution is 2.30. The SMILES string of the molecule is C1=c2nc(-c3ccccc3)oc2=C(c2ccc(-c3cc(-c4ccc(-c5ccccc5)cc4)nc(-c4ccccc4)n3)cc2)CC1. The van der Waals surface area contributed by atoms with Crippen molar-refractivity contribution in [3.63, 3.8) is 0 Å². The van der Waals surface area contributed by atoms with Crippen LogP contribution in [0, 0.1) is 0 Å². The van der Waals surface area contributed by atoms with Crippen LogP contribution in [-0.2, 0) is 0 Å². The van der Waals surface area contributed by atoms with Gasteiger partial charge in [0, 0.05) is 27.8 Å². The van der Waals surface area contributed by atoms with Crippen molar-refractivity contribution in [2.24, 2.45) is 0 Å².